The summed E-state index contributed by atoms with van der Waals surface area (Å²) in [6.45, 7) is 0. The van der Waals surface area contributed by atoms with Crippen LogP contribution in [0.1, 0.15) is 16.8 Å². The van der Waals surface area contributed by atoms with E-state index in [4.69, 9.17) is 0 Å². The molecule has 0 fully saturated rings. The second-order valence-electron chi connectivity index (χ2n) is 5.72. The summed E-state index contributed by atoms with van der Waals surface area (Å²) in [5.74, 6) is -2.25. The van der Waals surface area contributed by atoms with E-state index in [-0.39, 0.29) is 11.4 Å². The number of halogens is 2. The SMILES string of the molecule is Fc1ccc(C2(F)N=C(c3ccccc3)NC(c3ccccn3)=N2)cc1. The van der Waals surface area contributed by atoms with Crippen molar-refractivity contribution < 1.29 is 8.78 Å². The summed E-state index contributed by atoms with van der Waals surface area (Å²) < 4.78 is 29.0. The van der Waals surface area contributed by atoms with Crippen molar-refractivity contribution in [2.75, 3.05) is 0 Å². The van der Waals surface area contributed by atoms with Crippen molar-refractivity contribution in [1.29, 1.82) is 0 Å². The van der Waals surface area contributed by atoms with E-state index in [1.165, 1.54) is 24.3 Å². The van der Waals surface area contributed by atoms with Crippen molar-refractivity contribution in [3.63, 3.8) is 0 Å². The Bertz CT molecular complexity index is 912. The number of aromatic nitrogens is 1. The van der Waals surface area contributed by atoms with Gasteiger partial charge < -0.3 is 5.32 Å². The molecule has 0 saturated carbocycles. The monoisotopic (exact) mass is 348 g/mol. The minimum Gasteiger partial charge on any atom is -0.323 e. The molecular weight excluding hydrogens is 334 g/mol. The molecule has 0 spiro atoms. The number of pyridine rings is 1. The number of hydrogen-bond donors (Lipinski definition) is 1. The molecule has 1 aliphatic rings. The van der Waals surface area contributed by atoms with Gasteiger partial charge in [-0.25, -0.2) is 14.4 Å². The lowest BCUT2D eigenvalue weighted by Crippen LogP contribution is -2.40. The summed E-state index contributed by atoms with van der Waals surface area (Å²) >= 11 is 0. The lowest BCUT2D eigenvalue weighted by Gasteiger charge is -2.26. The Balaban J connectivity index is 1.85. The minimum absolute atomic E-state index is 0.141. The number of benzene rings is 2. The van der Waals surface area contributed by atoms with Crippen LogP contribution < -0.4 is 5.32 Å². The fraction of sp³-hybridized carbons (Fsp3) is 0.0500. The van der Waals surface area contributed by atoms with E-state index >= 15 is 4.39 Å². The zero-order chi connectivity index (χ0) is 18.0. The largest absolute Gasteiger partial charge is 0.325 e. The number of nitrogens with zero attached hydrogens (tertiary/aromatic N) is 3. The third kappa shape index (κ3) is 3.09. The highest BCUT2D eigenvalue weighted by molar-refractivity contribution is 6.15. The topological polar surface area (TPSA) is 49.6 Å². The first kappa shape index (κ1) is 16.1. The van der Waals surface area contributed by atoms with Crippen LogP contribution in [0.25, 0.3) is 0 Å². The molecule has 1 aliphatic heterocycles. The standard InChI is InChI=1S/C20H14F2N4/c21-16-11-9-15(10-12-16)20(22)25-18(14-6-2-1-3-7-14)24-19(26-20)17-8-4-5-13-23-17/h1-13H,(H,24,25,26). The molecule has 4 nitrogen and oxygen atoms in total. The highest BCUT2D eigenvalue weighted by Crippen LogP contribution is 2.32. The van der Waals surface area contributed by atoms with Crippen molar-refractivity contribution in [1.82, 2.24) is 10.3 Å². The number of amidine groups is 2. The highest BCUT2D eigenvalue weighted by Gasteiger charge is 2.36. The van der Waals surface area contributed by atoms with Crippen LogP contribution in [0.2, 0.25) is 0 Å². The summed E-state index contributed by atoms with van der Waals surface area (Å²) in [7, 11) is 0. The average molecular weight is 348 g/mol. The Morgan fingerprint density at radius 1 is 0.769 bits per heavy atom. The van der Waals surface area contributed by atoms with Crippen LogP contribution in [0.15, 0.2) is 89.0 Å². The molecule has 1 N–H and O–H groups in total. The second-order valence-corrected chi connectivity index (χ2v) is 5.72. The smallest absolute Gasteiger partial charge is 0.323 e. The molecule has 1 unspecified atom stereocenters. The van der Waals surface area contributed by atoms with E-state index in [0.717, 1.165) is 0 Å². The first-order valence-corrected chi connectivity index (χ1v) is 8.02. The van der Waals surface area contributed by atoms with Gasteiger partial charge in [0.15, 0.2) is 5.84 Å². The van der Waals surface area contributed by atoms with Gasteiger partial charge in [0, 0.05) is 17.3 Å². The van der Waals surface area contributed by atoms with Crippen LogP contribution in [0.5, 0.6) is 0 Å². The maximum Gasteiger partial charge on any atom is 0.325 e. The summed E-state index contributed by atoms with van der Waals surface area (Å²) in [6.07, 6.45) is 1.60. The zero-order valence-electron chi connectivity index (χ0n) is 13.6. The van der Waals surface area contributed by atoms with Gasteiger partial charge in [0.25, 0.3) is 0 Å². The Hall–Kier alpha value is -3.41. The van der Waals surface area contributed by atoms with Crippen LogP contribution in [-0.4, -0.2) is 16.7 Å². The van der Waals surface area contributed by atoms with Crippen molar-refractivity contribution in [2.24, 2.45) is 9.98 Å². The molecule has 6 heteroatoms. The first-order chi connectivity index (χ1) is 12.6. The molecule has 26 heavy (non-hydrogen) atoms. The summed E-state index contributed by atoms with van der Waals surface area (Å²) in [5, 5.41) is 3.05. The summed E-state index contributed by atoms with van der Waals surface area (Å²) in [5.41, 5.74) is 1.34. The highest BCUT2D eigenvalue weighted by atomic mass is 19.2. The lowest BCUT2D eigenvalue weighted by atomic mass is 10.1. The van der Waals surface area contributed by atoms with Gasteiger partial charge in [-0.1, -0.05) is 36.4 Å². The van der Waals surface area contributed by atoms with Gasteiger partial charge in [0.1, 0.15) is 17.3 Å². The van der Waals surface area contributed by atoms with Crippen LogP contribution in [0.4, 0.5) is 8.78 Å². The Labute approximate surface area is 149 Å². The quantitative estimate of drug-likeness (QED) is 0.732. The molecule has 1 aromatic heterocycles. The second kappa shape index (κ2) is 6.48. The molecule has 0 aliphatic carbocycles. The molecule has 0 amide bonds. The zero-order valence-corrected chi connectivity index (χ0v) is 13.6. The van der Waals surface area contributed by atoms with E-state index in [1.807, 2.05) is 30.3 Å². The third-order valence-corrected chi connectivity index (χ3v) is 3.92. The van der Waals surface area contributed by atoms with Crippen molar-refractivity contribution >= 4 is 11.7 Å². The number of hydrogen-bond acceptors (Lipinski definition) is 4. The summed E-state index contributed by atoms with van der Waals surface area (Å²) in [4.78, 5) is 12.5. The fourth-order valence-electron chi connectivity index (χ4n) is 2.64. The van der Waals surface area contributed by atoms with Gasteiger partial charge in [-0.05, 0) is 36.4 Å². The van der Waals surface area contributed by atoms with E-state index in [1.54, 1.807) is 24.4 Å². The predicted molar refractivity (Wildman–Crippen MR) is 96.1 cm³/mol. The molecular formula is C20H14F2N4. The van der Waals surface area contributed by atoms with Crippen LogP contribution >= 0.6 is 0 Å². The van der Waals surface area contributed by atoms with Gasteiger partial charge in [0.2, 0.25) is 0 Å². The van der Waals surface area contributed by atoms with Crippen LogP contribution in [0.3, 0.4) is 0 Å². The van der Waals surface area contributed by atoms with Gasteiger partial charge in [-0.15, -0.1) is 0 Å². The normalized spacial score (nSPS) is 19.3. The maximum absolute atomic E-state index is 15.7. The Kier molecular flexibility index (Phi) is 4.01. The van der Waals surface area contributed by atoms with E-state index in [0.29, 0.717) is 17.1 Å². The van der Waals surface area contributed by atoms with Crippen LogP contribution in [0, 0.1) is 5.82 Å². The molecule has 4 rings (SSSR count). The van der Waals surface area contributed by atoms with Crippen molar-refractivity contribution in [3.8, 4) is 0 Å². The van der Waals surface area contributed by atoms with E-state index in [2.05, 4.69) is 20.3 Å². The molecule has 0 saturated heterocycles. The van der Waals surface area contributed by atoms with E-state index < -0.39 is 11.7 Å². The molecule has 2 heterocycles. The maximum atomic E-state index is 15.7. The first-order valence-electron chi connectivity index (χ1n) is 8.02. The lowest BCUT2D eigenvalue weighted by molar-refractivity contribution is 0.188. The number of alkyl halides is 1. The van der Waals surface area contributed by atoms with Gasteiger partial charge >= 0.3 is 5.92 Å². The third-order valence-electron chi connectivity index (χ3n) is 3.92. The predicted octanol–water partition coefficient (Wildman–Crippen LogP) is 3.80. The number of rotatable bonds is 3. The fourth-order valence-corrected chi connectivity index (χ4v) is 2.64. The van der Waals surface area contributed by atoms with Gasteiger partial charge in [-0.3, -0.25) is 4.98 Å². The van der Waals surface area contributed by atoms with Crippen LogP contribution in [-0.2, 0) is 5.92 Å². The molecule has 0 bridgehead atoms. The minimum atomic E-state index is -2.38. The Morgan fingerprint density at radius 2 is 1.46 bits per heavy atom. The van der Waals surface area contributed by atoms with Crippen molar-refractivity contribution in [3.05, 3.63) is 102 Å². The van der Waals surface area contributed by atoms with E-state index in [9.17, 15) is 4.39 Å². The van der Waals surface area contributed by atoms with Gasteiger partial charge in [0.05, 0.1) is 0 Å². The average Bonchev–Trinajstić information content (AvgIpc) is 2.69. The summed E-state index contributed by atoms with van der Waals surface area (Å²) in [6, 6.07) is 19.5. The molecule has 128 valence electrons. The Morgan fingerprint density at radius 3 is 2.15 bits per heavy atom. The van der Waals surface area contributed by atoms with Gasteiger partial charge in [-0.2, -0.15) is 4.39 Å². The molecule has 2 aromatic carbocycles. The number of nitrogens with one attached hydrogen (secondary N) is 1. The molecule has 3 aromatic rings. The molecule has 1 atom stereocenters. The number of aliphatic imine (C=N–C) groups is 2. The van der Waals surface area contributed by atoms with Crippen molar-refractivity contribution in [2.45, 2.75) is 5.92 Å². The molecule has 0 radical (unpaired) electrons.